The maximum absolute atomic E-state index is 5.63. The molecule has 0 aromatic carbocycles. The van der Waals surface area contributed by atoms with Crippen LogP contribution in [0.5, 0.6) is 0 Å². The minimum atomic E-state index is 0.521. The summed E-state index contributed by atoms with van der Waals surface area (Å²) in [5.41, 5.74) is 7.68. The Labute approximate surface area is 100 Å². The van der Waals surface area contributed by atoms with Gasteiger partial charge in [-0.05, 0) is 13.3 Å². The molecule has 2 aromatic rings. The van der Waals surface area contributed by atoms with Gasteiger partial charge in [0.05, 0.1) is 5.69 Å². The highest BCUT2D eigenvalue weighted by Gasteiger charge is 2.07. The molecule has 0 aliphatic carbocycles. The van der Waals surface area contributed by atoms with Crippen molar-refractivity contribution in [1.82, 2.24) is 24.5 Å². The van der Waals surface area contributed by atoms with Gasteiger partial charge >= 0.3 is 0 Å². The number of nitrogens with two attached hydrogens (primary N) is 1. The first kappa shape index (κ1) is 11.8. The first-order valence-corrected chi connectivity index (χ1v) is 5.84. The van der Waals surface area contributed by atoms with Crippen molar-refractivity contribution < 1.29 is 0 Å². The molecule has 0 aliphatic heterocycles. The molecule has 0 aliphatic rings. The topological polar surface area (TPSA) is 74.5 Å². The Morgan fingerprint density at radius 3 is 2.88 bits per heavy atom. The predicted molar refractivity (Wildman–Crippen MR) is 64.3 cm³/mol. The van der Waals surface area contributed by atoms with E-state index in [0.29, 0.717) is 13.1 Å². The molecule has 0 atom stereocenters. The molecule has 2 heterocycles. The lowest BCUT2D eigenvalue weighted by molar-refractivity contribution is 0.538. The van der Waals surface area contributed by atoms with Crippen molar-refractivity contribution in [3.8, 4) is 0 Å². The van der Waals surface area contributed by atoms with Crippen LogP contribution in [-0.4, -0.2) is 24.5 Å². The number of nitrogens with zero attached hydrogens (tertiary/aromatic N) is 5. The number of aryl methyl sites for hydroxylation is 2. The summed E-state index contributed by atoms with van der Waals surface area (Å²) in [6.45, 7) is 6.14. The van der Waals surface area contributed by atoms with Crippen LogP contribution in [0.2, 0.25) is 0 Å². The Morgan fingerprint density at radius 2 is 2.24 bits per heavy atom. The Kier molecular flexibility index (Phi) is 3.53. The summed E-state index contributed by atoms with van der Waals surface area (Å²) < 4.78 is 3.78. The molecule has 0 amide bonds. The zero-order chi connectivity index (χ0) is 12.3. The summed E-state index contributed by atoms with van der Waals surface area (Å²) in [4.78, 5) is 4.25. The molecular weight excluding hydrogens is 216 g/mol. The van der Waals surface area contributed by atoms with Crippen LogP contribution in [0.15, 0.2) is 12.5 Å². The molecule has 0 saturated heterocycles. The SMILES string of the molecule is CCCn1ncnc1Cn1cc(CN)c(C)n1. The first-order chi connectivity index (χ1) is 8.24. The molecule has 0 spiro atoms. The molecule has 6 nitrogen and oxygen atoms in total. The van der Waals surface area contributed by atoms with Crippen molar-refractivity contribution in [2.24, 2.45) is 5.73 Å². The van der Waals surface area contributed by atoms with Gasteiger partial charge in [0.2, 0.25) is 0 Å². The maximum Gasteiger partial charge on any atom is 0.148 e. The number of hydrogen-bond donors (Lipinski definition) is 1. The van der Waals surface area contributed by atoms with E-state index >= 15 is 0 Å². The Balaban J connectivity index is 2.16. The van der Waals surface area contributed by atoms with E-state index in [-0.39, 0.29) is 0 Å². The van der Waals surface area contributed by atoms with Gasteiger partial charge in [-0.3, -0.25) is 4.68 Å². The zero-order valence-corrected chi connectivity index (χ0v) is 10.3. The van der Waals surface area contributed by atoms with E-state index in [9.17, 15) is 0 Å². The molecule has 92 valence electrons. The lowest BCUT2D eigenvalue weighted by Crippen LogP contribution is -2.10. The highest BCUT2D eigenvalue weighted by atomic mass is 15.4. The molecule has 0 unspecified atom stereocenters. The van der Waals surface area contributed by atoms with Gasteiger partial charge in [0.15, 0.2) is 0 Å². The van der Waals surface area contributed by atoms with Gasteiger partial charge in [-0.1, -0.05) is 6.92 Å². The Hall–Kier alpha value is -1.69. The molecular formula is C11H18N6. The van der Waals surface area contributed by atoms with Crippen LogP contribution in [0.25, 0.3) is 0 Å². The van der Waals surface area contributed by atoms with Gasteiger partial charge in [-0.15, -0.1) is 0 Å². The van der Waals surface area contributed by atoms with Crippen molar-refractivity contribution >= 4 is 0 Å². The van der Waals surface area contributed by atoms with Crippen molar-refractivity contribution in [2.45, 2.75) is 39.9 Å². The minimum absolute atomic E-state index is 0.521. The molecule has 17 heavy (non-hydrogen) atoms. The fourth-order valence-electron chi connectivity index (χ4n) is 1.79. The molecule has 6 heteroatoms. The second kappa shape index (κ2) is 5.09. The lowest BCUT2D eigenvalue weighted by Gasteiger charge is -2.04. The average Bonchev–Trinajstić information content (AvgIpc) is 2.87. The van der Waals surface area contributed by atoms with Crippen LogP contribution in [0.3, 0.4) is 0 Å². The quantitative estimate of drug-likeness (QED) is 0.826. The van der Waals surface area contributed by atoms with E-state index in [1.165, 1.54) is 0 Å². The molecule has 2 N–H and O–H groups in total. The van der Waals surface area contributed by atoms with E-state index in [2.05, 4.69) is 22.1 Å². The summed E-state index contributed by atoms with van der Waals surface area (Å²) >= 11 is 0. The highest BCUT2D eigenvalue weighted by Crippen LogP contribution is 2.06. The molecule has 0 fully saturated rings. The van der Waals surface area contributed by atoms with E-state index in [1.807, 2.05) is 22.5 Å². The van der Waals surface area contributed by atoms with Crippen LogP contribution in [0, 0.1) is 6.92 Å². The van der Waals surface area contributed by atoms with Crippen molar-refractivity contribution in [1.29, 1.82) is 0 Å². The largest absolute Gasteiger partial charge is 0.326 e. The number of rotatable bonds is 5. The number of aromatic nitrogens is 5. The van der Waals surface area contributed by atoms with Crippen molar-refractivity contribution in [3.05, 3.63) is 29.6 Å². The minimum Gasteiger partial charge on any atom is -0.326 e. The highest BCUT2D eigenvalue weighted by molar-refractivity contribution is 5.15. The summed E-state index contributed by atoms with van der Waals surface area (Å²) in [5.74, 6) is 0.929. The van der Waals surface area contributed by atoms with Crippen LogP contribution in [-0.2, 0) is 19.6 Å². The van der Waals surface area contributed by atoms with Gasteiger partial charge in [0.1, 0.15) is 18.7 Å². The Bertz CT molecular complexity index is 484. The summed E-state index contributed by atoms with van der Waals surface area (Å²) in [7, 11) is 0. The van der Waals surface area contributed by atoms with Crippen LogP contribution < -0.4 is 5.73 Å². The summed E-state index contributed by atoms with van der Waals surface area (Å²) in [6, 6.07) is 0. The Morgan fingerprint density at radius 1 is 1.41 bits per heavy atom. The van der Waals surface area contributed by atoms with E-state index in [1.54, 1.807) is 6.33 Å². The summed E-state index contributed by atoms with van der Waals surface area (Å²) in [5, 5.41) is 8.60. The smallest absolute Gasteiger partial charge is 0.148 e. The van der Waals surface area contributed by atoms with Crippen LogP contribution in [0.1, 0.15) is 30.4 Å². The second-order valence-corrected chi connectivity index (χ2v) is 4.04. The van der Waals surface area contributed by atoms with Gasteiger partial charge in [-0.2, -0.15) is 10.2 Å². The average molecular weight is 234 g/mol. The molecule has 0 bridgehead atoms. The lowest BCUT2D eigenvalue weighted by atomic mass is 10.3. The van der Waals surface area contributed by atoms with Crippen LogP contribution >= 0.6 is 0 Å². The molecule has 2 aromatic heterocycles. The first-order valence-electron chi connectivity index (χ1n) is 5.84. The normalized spacial score (nSPS) is 11.0. The number of hydrogen-bond acceptors (Lipinski definition) is 4. The van der Waals surface area contributed by atoms with Crippen molar-refractivity contribution in [2.75, 3.05) is 0 Å². The van der Waals surface area contributed by atoms with Gasteiger partial charge in [-0.25, -0.2) is 9.67 Å². The predicted octanol–water partition coefficient (Wildman–Crippen LogP) is 0.700. The summed E-state index contributed by atoms with van der Waals surface area (Å²) in [6.07, 6.45) is 4.61. The fraction of sp³-hybridized carbons (Fsp3) is 0.545. The third kappa shape index (κ3) is 2.52. The van der Waals surface area contributed by atoms with E-state index in [0.717, 1.165) is 30.0 Å². The molecule has 0 radical (unpaired) electrons. The standard InChI is InChI=1S/C11H18N6/c1-3-4-17-11(13-8-14-17)7-16-6-10(5-12)9(2)15-16/h6,8H,3-5,7,12H2,1-2H3. The fourth-order valence-corrected chi connectivity index (χ4v) is 1.79. The zero-order valence-electron chi connectivity index (χ0n) is 10.3. The van der Waals surface area contributed by atoms with E-state index < -0.39 is 0 Å². The van der Waals surface area contributed by atoms with Gasteiger partial charge in [0.25, 0.3) is 0 Å². The van der Waals surface area contributed by atoms with Crippen molar-refractivity contribution in [3.63, 3.8) is 0 Å². The monoisotopic (exact) mass is 234 g/mol. The molecule has 2 rings (SSSR count). The van der Waals surface area contributed by atoms with Crippen LogP contribution in [0.4, 0.5) is 0 Å². The van der Waals surface area contributed by atoms with Gasteiger partial charge < -0.3 is 5.73 Å². The van der Waals surface area contributed by atoms with E-state index in [4.69, 9.17) is 5.73 Å². The van der Waals surface area contributed by atoms with Gasteiger partial charge in [0, 0.05) is 24.8 Å². The third-order valence-corrected chi connectivity index (χ3v) is 2.70. The maximum atomic E-state index is 5.63. The third-order valence-electron chi connectivity index (χ3n) is 2.70. The second-order valence-electron chi connectivity index (χ2n) is 4.04. The molecule has 0 saturated carbocycles.